The van der Waals surface area contributed by atoms with Crippen molar-refractivity contribution in [3.63, 3.8) is 0 Å². The van der Waals surface area contributed by atoms with Crippen molar-refractivity contribution >= 4 is 34.8 Å². The molecule has 0 saturated heterocycles. The molecule has 454 valence electrons. The number of hydrogen-bond acceptors (Lipinski definition) is 10. The summed E-state index contributed by atoms with van der Waals surface area (Å²) in [5, 5.41) is 12.9. The monoisotopic (exact) mass is 1350 g/mol. The molecule has 0 bridgehead atoms. The molecule has 0 aromatic heterocycles. The molecule has 1 aromatic rings. The standard InChI is InChI=1S/C68H110N4O6.2O.U/c1-11-15-19-23-25-27-29-31-35-39-43-77-61-49-57(69-51-53-45-55(67(5,6)7)47-59(65(53)75)71-63(73)41-37-33-21-17-13-3)58(50-62(61)78-44-40-36-32-30-28-26-24-20-16-12-2)70-52-54-46-56(68(8,9)10)48-60(66(54)76)72-64(74)42-38-34-22-18-14-4;;;/h45-52,69-70H,11-44H2,1-10H3,(H,71,73)(H,72,74);;;/b53-51-,54-52-;;;. The van der Waals surface area contributed by atoms with Crippen LogP contribution in [0.5, 0.6) is 11.5 Å². The first-order valence-electron chi connectivity index (χ1n) is 31.9. The minimum absolute atomic E-state index is 0.161. The minimum atomic E-state index is -2.51. The number of amides is 2. The fourth-order valence-electron chi connectivity index (χ4n) is 9.65. The van der Waals surface area contributed by atoms with E-state index in [-0.39, 0.29) is 45.6 Å². The Bertz CT molecular complexity index is 2120. The van der Waals surface area contributed by atoms with Gasteiger partial charge in [0.1, 0.15) is 0 Å². The van der Waals surface area contributed by atoms with Gasteiger partial charge in [-0.15, -0.1) is 0 Å². The molecule has 0 aliphatic heterocycles. The van der Waals surface area contributed by atoms with Gasteiger partial charge in [-0.2, -0.15) is 0 Å². The zero-order valence-electron chi connectivity index (χ0n) is 52.4. The average molecular weight is 1350 g/mol. The van der Waals surface area contributed by atoms with Gasteiger partial charge < -0.3 is 30.7 Å². The van der Waals surface area contributed by atoms with Crippen molar-refractivity contribution in [1.29, 1.82) is 0 Å². The van der Waals surface area contributed by atoms with Gasteiger partial charge in [0.05, 0.1) is 36.0 Å². The first kappa shape index (κ1) is 72.9. The van der Waals surface area contributed by atoms with Crippen LogP contribution >= 0.6 is 0 Å². The summed E-state index contributed by atoms with van der Waals surface area (Å²) in [6, 6.07) is 3.85. The van der Waals surface area contributed by atoms with Crippen LogP contribution < -0.4 is 30.7 Å². The molecule has 0 heterocycles. The van der Waals surface area contributed by atoms with E-state index < -0.39 is 27.8 Å². The molecule has 81 heavy (non-hydrogen) atoms. The zero-order valence-corrected chi connectivity index (χ0v) is 56.6. The van der Waals surface area contributed by atoms with E-state index >= 15 is 0 Å². The Morgan fingerprint density at radius 1 is 0.432 bits per heavy atom. The maximum atomic E-state index is 14.3. The summed E-state index contributed by atoms with van der Waals surface area (Å²) in [5.41, 5.74) is 3.72. The normalized spacial score (nSPS) is 14.5. The number of benzene rings is 1. The number of anilines is 2. The molecule has 4 N–H and O–H groups in total. The van der Waals surface area contributed by atoms with Crippen LogP contribution in [0.3, 0.4) is 0 Å². The van der Waals surface area contributed by atoms with Gasteiger partial charge in [-0.3, -0.25) is 19.2 Å². The Labute approximate surface area is 506 Å². The van der Waals surface area contributed by atoms with Crippen molar-refractivity contribution in [1.82, 2.24) is 10.6 Å². The second-order valence-electron chi connectivity index (χ2n) is 24.4. The van der Waals surface area contributed by atoms with Gasteiger partial charge in [0, 0.05) is 48.5 Å². The topological polar surface area (TPSA) is 169 Å². The molecule has 0 spiro atoms. The fourth-order valence-corrected chi connectivity index (χ4v) is 9.65. The predicted octanol–water partition coefficient (Wildman–Crippen LogP) is 18.5. The fraction of sp³-hybridized carbons (Fsp3) is 0.676. The van der Waals surface area contributed by atoms with Crippen LogP contribution in [0.25, 0.3) is 0 Å². The van der Waals surface area contributed by atoms with E-state index in [1.165, 1.54) is 103 Å². The van der Waals surface area contributed by atoms with Gasteiger partial charge >= 0.3 is 32.3 Å². The molecule has 0 saturated carbocycles. The Balaban J connectivity index is 0.00000730. The quantitative estimate of drug-likeness (QED) is 0.0365. The number of carbonyl (C=O) groups is 4. The molecule has 12 nitrogen and oxygen atoms in total. The number of hydrogen-bond donors (Lipinski definition) is 4. The van der Waals surface area contributed by atoms with Crippen LogP contribution in [-0.4, -0.2) is 36.6 Å². The van der Waals surface area contributed by atoms with Crippen molar-refractivity contribution in [3.8, 4) is 11.5 Å². The first-order chi connectivity index (χ1) is 38.9. The van der Waals surface area contributed by atoms with Gasteiger partial charge in [0.15, 0.2) is 11.5 Å². The average Bonchev–Trinajstić information content (AvgIpc) is 3.42. The van der Waals surface area contributed by atoms with Crippen LogP contribution in [0.1, 0.15) is 275 Å². The molecular weight excluding hydrogens is 1240 g/mol. The zero-order chi connectivity index (χ0) is 59.7. The molecule has 2 aliphatic rings. The molecule has 13 heteroatoms. The molecule has 1 aromatic carbocycles. The molecule has 2 amide bonds. The molecule has 3 rings (SSSR count). The number of ether oxygens (including phenoxy) is 2. The second kappa shape index (κ2) is 43.4. The van der Waals surface area contributed by atoms with Gasteiger partial charge in [-0.25, -0.2) is 0 Å². The third kappa shape index (κ3) is 31.9. The van der Waals surface area contributed by atoms with Crippen LogP contribution in [-0.2, 0) is 23.6 Å². The van der Waals surface area contributed by atoms with Gasteiger partial charge in [-0.1, -0.05) is 236 Å². The number of ketones is 2. The van der Waals surface area contributed by atoms with E-state index in [0.29, 0.717) is 60.1 Å². The number of nitrogens with one attached hydrogen (secondary N) is 4. The first-order valence-corrected chi connectivity index (χ1v) is 35.3. The number of unbranched alkanes of at least 4 members (excludes halogenated alkanes) is 26. The molecular formula is C68H110N4O8U. The van der Waals surface area contributed by atoms with E-state index in [2.05, 4.69) is 90.5 Å². The van der Waals surface area contributed by atoms with E-state index in [4.69, 9.17) is 13.9 Å². The van der Waals surface area contributed by atoms with E-state index in [9.17, 15) is 19.2 Å². The maximum absolute atomic E-state index is 14.3. The summed E-state index contributed by atoms with van der Waals surface area (Å²) in [4.78, 5) is 55.1. The molecule has 0 radical (unpaired) electrons. The summed E-state index contributed by atoms with van der Waals surface area (Å²) >= 11 is -2.51. The molecule has 2 aliphatic carbocycles. The number of rotatable bonds is 42. The van der Waals surface area contributed by atoms with Crippen LogP contribution in [0.15, 0.2) is 82.5 Å². The molecule has 0 unspecified atom stereocenters. The summed E-state index contributed by atoms with van der Waals surface area (Å²) in [6.07, 6.45) is 46.2. The number of allylic oxidation sites excluding steroid dienone is 8. The van der Waals surface area contributed by atoms with Crippen molar-refractivity contribution in [2.24, 2.45) is 10.8 Å². The third-order valence-corrected chi connectivity index (χ3v) is 14.9. The summed E-state index contributed by atoms with van der Waals surface area (Å²) < 4.78 is 30.4. The number of carbonyl (C=O) groups excluding carboxylic acids is 4. The SMILES string of the molecule is CCCCCCCCCCCCOc1cc(N/C=C2/C=C(C(C)(C)C)C=C(NC(=O)CCCCCCC)C2=O)c(N/C=C2/C=C(C(C)(C)C)C=C(NC(=O)CCCCCCC)C2=O)cc1OCCCCCCCCCCCC.[O]=[U]=[O]. The summed E-state index contributed by atoms with van der Waals surface area (Å²) in [7, 11) is 0. The Morgan fingerprint density at radius 3 is 0.988 bits per heavy atom. The van der Waals surface area contributed by atoms with Gasteiger partial charge in [-0.05, 0) is 72.0 Å². The number of Topliss-reactive ketones (excluding diaryl/α,β-unsaturated/α-hetero) is 2. The predicted molar refractivity (Wildman–Crippen MR) is 330 cm³/mol. The van der Waals surface area contributed by atoms with E-state index in [1.54, 1.807) is 12.4 Å². The second-order valence-corrected chi connectivity index (χ2v) is 25.1. The van der Waals surface area contributed by atoms with E-state index in [0.717, 1.165) is 101 Å². The third-order valence-electron chi connectivity index (χ3n) is 14.9. The van der Waals surface area contributed by atoms with Crippen molar-refractivity contribution in [2.45, 2.75) is 275 Å². The Hall–Kier alpha value is -4.21. The Kier molecular flexibility index (Phi) is 39.1. The van der Waals surface area contributed by atoms with Gasteiger partial charge in [0.25, 0.3) is 0 Å². The van der Waals surface area contributed by atoms with Crippen LogP contribution in [0.4, 0.5) is 11.4 Å². The van der Waals surface area contributed by atoms with Crippen molar-refractivity contribution < 1.29 is 60.9 Å². The summed E-state index contributed by atoms with van der Waals surface area (Å²) in [6.45, 7) is 22.5. The molecule has 0 atom stereocenters. The van der Waals surface area contributed by atoms with Crippen LogP contribution in [0.2, 0.25) is 0 Å². The van der Waals surface area contributed by atoms with Gasteiger partial charge in [0.2, 0.25) is 23.4 Å². The van der Waals surface area contributed by atoms with Crippen LogP contribution in [0, 0.1) is 38.6 Å². The van der Waals surface area contributed by atoms with E-state index in [1.807, 2.05) is 36.4 Å². The Morgan fingerprint density at radius 2 is 0.704 bits per heavy atom. The summed E-state index contributed by atoms with van der Waals surface area (Å²) in [5.74, 6) is 0.302. The van der Waals surface area contributed by atoms with Crippen molar-refractivity contribution in [2.75, 3.05) is 23.8 Å². The molecule has 0 fully saturated rings. The van der Waals surface area contributed by atoms with Crippen molar-refractivity contribution in [3.05, 3.63) is 82.5 Å².